The molecule has 114 valence electrons. The van der Waals surface area contributed by atoms with Crippen LogP contribution in [-0.4, -0.2) is 14.5 Å². The minimum Gasteiger partial charge on any atom is -0.207 e. The summed E-state index contributed by atoms with van der Waals surface area (Å²) in [4.78, 5) is -0.0175. The molecule has 0 saturated heterocycles. The first-order valence-corrected chi connectivity index (χ1v) is 9.04. The van der Waals surface area contributed by atoms with Crippen molar-refractivity contribution in [2.75, 3.05) is 0 Å². The van der Waals surface area contributed by atoms with E-state index in [1.807, 2.05) is 0 Å². The van der Waals surface area contributed by atoms with Crippen LogP contribution in [-0.2, 0) is 10.0 Å². The Morgan fingerprint density at radius 1 is 1.14 bits per heavy atom. The van der Waals surface area contributed by atoms with E-state index in [9.17, 15) is 13.7 Å². The summed E-state index contributed by atoms with van der Waals surface area (Å²) in [6, 6.07) is 5.47. The number of benzene rings is 1. The lowest BCUT2D eigenvalue weighted by Crippen LogP contribution is -2.40. The minimum absolute atomic E-state index is 0.0175. The van der Waals surface area contributed by atoms with E-state index < -0.39 is 16.1 Å². The van der Waals surface area contributed by atoms with E-state index in [4.69, 9.17) is 23.2 Å². The Labute approximate surface area is 135 Å². The Bertz CT molecular complexity index is 629. The molecule has 0 spiro atoms. The lowest BCUT2D eigenvalue weighted by Gasteiger charge is -2.26. The number of nitrogens with one attached hydrogen (secondary N) is 1. The van der Waals surface area contributed by atoms with Crippen molar-refractivity contribution >= 4 is 33.2 Å². The quantitative estimate of drug-likeness (QED) is 0.902. The number of halogens is 2. The van der Waals surface area contributed by atoms with Gasteiger partial charge >= 0.3 is 0 Å². The van der Waals surface area contributed by atoms with Crippen molar-refractivity contribution in [1.82, 2.24) is 4.72 Å². The topological polar surface area (TPSA) is 70.0 Å². The number of nitriles is 1. The number of rotatable bonds is 4. The van der Waals surface area contributed by atoms with Crippen LogP contribution in [0.5, 0.6) is 0 Å². The van der Waals surface area contributed by atoms with Crippen molar-refractivity contribution in [2.24, 2.45) is 5.92 Å². The van der Waals surface area contributed by atoms with Crippen molar-refractivity contribution in [3.8, 4) is 6.07 Å². The molecule has 4 nitrogen and oxygen atoms in total. The molecule has 21 heavy (non-hydrogen) atoms. The second-order valence-electron chi connectivity index (χ2n) is 5.23. The highest BCUT2D eigenvalue weighted by atomic mass is 35.5. The smallest absolute Gasteiger partial charge is 0.207 e. The fourth-order valence-corrected chi connectivity index (χ4v) is 4.55. The second kappa shape index (κ2) is 6.97. The van der Waals surface area contributed by atoms with E-state index in [1.165, 1.54) is 18.2 Å². The predicted molar refractivity (Wildman–Crippen MR) is 82.8 cm³/mol. The van der Waals surface area contributed by atoms with E-state index in [2.05, 4.69) is 10.8 Å². The molecule has 1 atom stereocenters. The summed E-state index contributed by atoms with van der Waals surface area (Å²) in [5.74, 6) is 0.0631. The first-order valence-electron chi connectivity index (χ1n) is 6.80. The molecule has 1 aliphatic carbocycles. The van der Waals surface area contributed by atoms with Crippen molar-refractivity contribution in [3.05, 3.63) is 28.2 Å². The van der Waals surface area contributed by atoms with Gasteiger partial charge in [-0.2, -0.15) is 9.98 Å². The van der Waals surface area contributed by atoms with E-state index in [0.29, 0.717) is 0 Å². The van der Waals surface area contributed by atoms with Gasteiger partial charge < -0.3 is 0 Å². The van der Waals surface area contributed by atoms with Crippen LogP contribution in [0.2, 0.25) is 10.0 Å². The summed E-state index contributed by atoms with van der Waals surface area (Å²) in [5.41, 5.74) is 0. The van der Waals surface area contributed by atoms with Crippen molar-refractivity contribution in [3.63, 3.8) is 0 Å². The molecular formula is C14H16Cl2N2O2S. The maximum atomic E-state index is 12.4. The van der Waals surface area contributed by atoms with Gasteiger partial charge in [-0.25, -0.2) is 8.42 Å². The standard InChI is InChI=1S/C14H16Cl2N2O2S/c15-11-6-12(16)8-13(7-11)21(19,20)18-14(9-17)10-4-2-1-3-5-10/h6-8,10,14,18H,1-5H2. The van der Waals surface area contributed by atoms with Gasteiger partial charge in [0, 0.05) is 10.0 Å². The fourth-order valence-electron chi connectivity index (χ4n) is 2.61. The zero-order valence-electron chi connectivity index (χ0n) is 11.4. The minimum atomic E-state index is -3.81. The summed E-state index contributed by atoms with van der Waals surface area (Å²) >= 11 is 11.7. The molecule has 1 unspecified atom stereocenters. The molecular weight excluding hydrogens is 331 g/mol. The number of sulfonamides is 1. The van der Waals surface area contributed by atoms with Crippen LogP contribution in [0.3, 0.4) is 0 Å². The molecule has 0 heterocycles. The van der Waals surface area contributed by atoms with Gasteiger partial charge in [-0.15, -0.1) is 0 Å². The van der Waals surface area contributed by atoms with Gasteiger partial charge in [-0.05, 0) is 37.0 Å². The first kappa shape index (κ1) is 16.6. The monoisotopic (exact) mass is 346 g/mol. The SMILES string of the molecule is N#CC(NS(=O)(=O)c1cc(Cl)cc(Cl)c1)C1CCCCC1. The van der Waals surface area contributed by atoms with Crippen LogP contribution in [0, 0.1) is 17.2 Å². The maximum absolute atomic E-state index is 12.4. The van der Waals surface area contributed by atoms with Gasteiger partial charge in [-0.1, -0.05) is 42.5 Å². The highest BCUT2D eigenvalue weighted by Crippen LogP contribution is 2.28. The zero-order chi connectivity index (χ0) is 15.5. The molecule has 0 radical (unpaired) electrons. The Hall–Kier alpha value is -0.800. The summed E-state index contributed by atoms with van der Waals surface area (Å²) < 4.78 is 27.2. The number of hydrogen-bond donors (Lipinski definition) is 1. The van der Waals surface area contributed by atoms with Gasteiger partial charge in [0.05, 0.1) is 11.0 Å². The third kappa shape index (κ3) is 4.33. The number of nitrogens with zero attached hydrogens (tertiary/aromatic N) is 1. The van der Waals surface area contributed by atoms with Gasteiger partial charge in [0.15, 0.2) is 0 Å². The second-order valence-corrected chi connectivity index (χ2v) is 7.82. The predicted octanol–water partition coefficient (Wildman–Crippen LogP) is 3.74. The normalized spacial score (nSPS) is 18.1. The maximum Gasteiger partial charge on any atom is 0.241 e. The first-order chi connectivity index (χ1) is 9.92. The molecule has 1 aliphatic rings. The summed E-state index contributed by atoms with van der Waals surface area (Å²) in [5, 5.41) is 9.76. The fraction of sp³-hybridized carbons (Fsp3) is 0.500. The summed E-state index contributed by atoms with van der Waals surface area (Å²) in [6.45, 7) is 0. The molecule has 1 fully saturated rings. The van der Waals surface area contributed by atoms with Gasteiger partial charge in [0.1, 0.15) is 6.04 Å². The van der Waals surface area contributed by atoms with Crippen LogP contribution in [0.4, 0.5) is 0 Å². The summed E-state index contributed by atoms with van der Waals surface area (Å²) in [7, 11) is -3.81. The van der Waals surface area contributed by atoms with Crippen LogP contribution in [0.1, 0.15) is 32.1 Å². The molecule has 1 saturated carbocycles. The molecule has 0 aromatic heterocycles. The Morgan fingerprint density at radius 3 is 2.24 bits per heavy atom. The van der Waals surface area contributed by atoms with E-state index in [1.54, 1.807) is 0 Å². The third-order valence-electron chi connectivity index (χ3n) is 3.69. The van der Waals surface area contributed by atoms with Crippen LogP contribution >= 0.6 is 23.2 Å². The lowest BCUT2D eigenvalue weighted by atomic mass is 9.85. The molecule has 1 aromatic carbocycles. The highest BCUT2D eigenvalue weighted by Gasteiger charge is 2.28. The van der Waals surface area contributed by atoms with Gasteiger partial charge in [-0.3, -0.25) is 0 Å². The van der Waals surface area contributed by atoms with Crippen LogP contribution < -0.4 is 4.72 Å². The van der Waals surface area contributed by atoms with E-state index in [-0.39, 0.29) is 20.9 Å². The van der Waals surface area contributed by atoms with Crippen LogP contribution in [0.15, 0.2) is 23.1 Å². The molecule has 7 heteroatoms. The van der Waals surface area contributed by atoms with Crippen LogP contribution in [0.25, 0.3) is 0 Å². The lowest BCUT2D eigenvalue weighted by molar-refractivity contribution is 0.324. The largest absolute Gasteiger partial charge is 0.241 e. The van der Waals surface area contributed by atoms with E-state index >= 15 is 0 Å². The molecule has 1 N–H and O–H groups in total. The Balaban J connectivity index is 2.20. The Kier molecular flexibility index (Phi) is 5.50. The van der Waals surface area contributed by atoms with Crippen molar-refractivity contribution < 1.29 is 8.42 Å². The highest BCUT2D eigenvalue weighted by molar-refractivity contribution is 7.89. The van der Waals surface area contributed by atoms with E-state index in [0.717, 1.165) is 32.1 Å². The van der Waals surface area contributed by atoms with Gasteiger partial charge in [0.2, 0.25) is 10.0 Å². The third-order valence-corrected chi connectivity index (χ3v) is 5.55. The Morgan fingerprint density at radius 2 is 1.71 bits per heavy atom. The average Bonchev–Trinajstić information content (AvgIpc) is 2.45. The van der Waals surface area contributed by atoms with Crippen molar-refractivity contribution in [1.29, 1.82) is 5.26 Å². The summed E-state index contributed by atoms with van der Waals surface area (Å²) in [6.07, 6.45) is 4.96. The molecule has 0 amide bonds. The van der Waals surface area contributed by atoms with Crippen molar-refractivity contribution in [2.45, 2.75) is 43.0 Å². The number of hydrogen-bond acceptors (Lipinski definition) is 3. The molecule has 0 bridgehead atoms. The zero-order valence-corrected chi connectivity index (χ0v) is 13.7. The van der Waals surface area contributed by atoms with Gasteiger partial charge in [0.25, 0.3) is 0 Å². The molecule has 2 rings (SSSR count). The molecule has 0 aliphatic heterocycles. The molecule has 1 aromatic rings. The average molecular weight is 347 g/mol.